The zero-order valence-corrected chi connectivity index (χ0v) is 9.66. The highest BCUT2D eigenvalue weighted by Gasteiger charge is 2.38. The molecule has 2 rings (SSSR count). The summed E-state index contributed by atoms with van der Waals surface area (Å²) >= 11 is 7.84. The Morgan fingerprint density at radius 2 is 2.14 bits per heavy atom. The SMILES string of the molecule is CSc1cccc(C2(O)CCC2)c1Cl. The Balaban J connectivity index is 2.43. The summed E-state index contributed by atoms with van der Waals surface area (Å²) in [6.45, 7) is 0. The van der Waals surface area contributed by atoms with E-state index < -0.39 is 5.60 Å². The summed E-state index contributed by atoms with van der Waals surface area (Å²) in [4.78, 5) is 1.05. The van der Waals surface area contributed by atoms with Crippen LogP contribution in [0.1, 0.15) is 24.8 Å². The first-order chi connectivity index (χ1) is 6.67. The summed E-state index contributed by atoms with van der Waals surface area (Å²) in [6, 6.07) is 5.88. The highest BCUT2D eigenvalue weighted by Crippen LogP contribution is 2.45. The molecule has 0 spiro atoms. The molecule has 76 valence electrons. The van der Waals surface area contributed by atoms with Gasteiger partial charge in [0.05, 0.1) is 10.6 Å². The first kappa shape index (κ1) is 10.3. The van der Waals surface area contributed by atoms with Gasteiger partial charge in [-0.15, -0.1) is 11.8 Å². The Morgan fingerprint density at radius 3 is 2.64 bits per heavy atom. The topological polar surface area (TPSA) is 20.2 Å². The van der Waals surface area contributed by atoms with Crippen LogP contribution in [-0.4, -0.2) is 11.4 Å². The van der Waals surface area contributed by atoms with Crippen LogP contribution in [0.5, 0.6) is 0 Å². The first-order valence-electron chi connectivity index (χ1n) is 4.73. The lowest BCUT2D eigenvalue weighted by Crippen LogP contribution is -2.33. The first-order valence-corrected chi connectivity index (χ1v) is 6.33. The lowest BCUT2D eigenvalue weighted by molar-refractivity contribution is -0.0388. The third-order valence-electron chi connectivity index (χ3n) is 2.87. The zero-order chi connectivity index (χ0) is 10.2. The molecule has 0 radical (unpaired) electrons. The predicted molar refractivity (Wildman–Crippen MR) is 61.0 cm³/mol. The molecule has 1 aromatic carbocycles. The van der Waals surface area contributed by atoms with Crippen molar-refractivity contribution in [3.63, 3.8) is 0 Å². The van der Waals surface area contributed by atoms with Gasteiger partial charge in [-0.25, -0.2) is 0 Å². The van der Waals surface area contributed by atoms with Crippen LogP contribution < -0.4 is 0 Å². The minimum Gasteiger partial charge on any atom is -0.385 e. The Bertz CT molecular complexity index is 347. The van der Waals surface area contributed by atoms with Crippen molar-refractivity contribution in [2.45, 2.75) is 29.8 Å². The highest BCUT2D eigenvalue weighted by molar-refractivity contribution is 7.98. The van der Waals surface area contributed by atoms with E-state index in [4.69, 9.17) is 11.6 Å². The number of aliphatic hydroxyl groups is 1. The van der Waals surface area contributed by atoms with Crippen LogP contribution in [0.25, 0.3) is 0 Å². The average Bonchev–Trinajstić information content (AvgIpc) is 2.15. The second-order valence-corrected chi connectivity index (χ2v) is 4.93. The molecular weight excluding hydrogens is 216 g/mol. The van der Waals surface area contributed by atoms with Crippen molar-refractivity contribution in [1.82, 2.24) is 0 Å². The minimum atomic E-state index is -0.650. The summed E-state index contributed by atoms with van der Waals surface area (Å²) < 4.78 is 0. The molecule has 1 fully saturated rings. The Morgan fingerprint density at radius 1 is 1.43 bits per heavy atom. The molecule has 1 aromatic rings. The summed E-state index contributed by atoms with van der Waals surface area (Å²) in [5.74, 6) is 0. The third-order valence-corrected chi connectivity index (χ3v) is 4.16. The standard InChI is InChI=1S/C11H13ClOS/c1-14-9-5-2-4-8(10(9)12)11(13)6-3-7-11/h2,4-5,13H,3,6-7H2,1H3. The van der Waals surface area contributed by atoms with Crippen LogP contribution in [-0.2, 0) is 5.60 Å². The van der Waals surface area contributed by atoms with Crippen molar-refractivity contribution in [2.75, 3.05) is 6.26 Å². The van der Waals surface area contributed by atoms with Crippen molar-refractivity contribution < 1.29 is 5.11 Å². The Kier molecular flexibility index (Phi) is 2.78. The van der Waals surface area contributed by atoms with E-state index >= 15 is 0 Å². The largest absolute Gasteiger partial charge is 0.385 e. The fraction of sp³-hybridized carbons (Fsp3) is 0.455. The fourth-order valence-corrected chi connectivity index (χ4v) is 2.85. The molecule has 0 heterocycles. The number of hydrogen-bond acceptors (Lipinski definition) is 2. The Labute approximate surface area is 93.5 Å². The fourth-order valence-electron chi connectivity index (χ4n) is 1.81. The van der Waals surface area contributed by atoms with Crippen molar-refractivity contribution in [1.29, 1.82) is 0 Å². The predicted octanol–water partition coefficient (Wildman–Crippen LogP) is 3.43. The molecule has 0 unspecified atom stereocenters. The van der Waals surface area contributed by atoms with E-state index in [1.54, 1.807) is 11.8 Å². The normalized spacial score (nSPS) is 19.1. The van der Waals surface area contributed by atoms with Crippen LogP contribution in [0.4, 0.5) is 0 Å². The van der Waals surface area contributed by atoms with E-state index in [1.165, 1.54) is 0 Å². The van der Waals surface area contributed by atoms with Gasteiger partial charge in [-0.3, -0.25) is 0 Å². The molecular formula is C11H13ClOS. The maximum Gasteiger partial charge on any atom is 0.0911 e. The smallest absolute Gasteiger partial charge is 0.0911 e. The van der Waals surface area contributed by atoms with Gasteiger partial charge in [0.2, 0.25) is 0 Å². The molecule has 0 atom stereocenters. The third kappa shape index (κ3) is 1.56. The van der Waals surface area contributed by atoms with E-state index in [0.29, 0.717) is 0 Å². The zero-order valence-electron chi connectivity index (χ0n) is 8.09. The van der Waals surface area contributed by atoms with Gasteiger partial charge >= 0.3 is 0 Å². The summed E-state index contributed by atoms with van der Waals surface area (Å²) in [5.41, 5.74) is 0.250. The van der Waals surface area contributed by atoms with Crippen LogP contribution in [0.15, 0.2) is 23.1 Å². The minimum absolute atomic E-state index is 0.650. The maximum absolute atomic E-state index is 10.2. The molecule has 0 aromatic heterocycles. The Hall–Kier alpha value is -0.180. The molecule has 14 heavy (non-hydrogen) atoms. The number of hydrogen-bond donors (Lipinski definition) is 1. The summed E-state index contributed by atoms with van der Waals surface area (Å²) in [5, 5.41) is 10.9. The van der Waals surface area contributed by atoms with Crippen LogP contribution in [0, 0.1) is 0 Å². The van der Waals surface area contributed by atoms with Gasteiger partial charge in [0.25, 0.3) is 0 Å². The molecule has 1 aliphatic carbocycles. The van der Waals surface area contributed by atoms with Gasteiger partial charge in [0.15, 0.2) is 0 Å². The lowest BCUT2D eigenvalue weighted by Gasteiger charge is -2.37. The van der Waals surface area contributed by atoms with Crippen molar-refractivity contribution >= 4 is 23.4 Å². The second-order valence-electron chi connectivity index (χ2n) is 3.71. The molecule has 1 N–H and O–H groups in total. The van der Waals surface area contributed by atoms with Gasteiger partial charge in [0, 0.05) is 10.5 Å². The average molecular weight is 229 g/mol. The molecule has 0 saturated heterocycles. The van der Waals surface area contributed by atoms with Gasteiger partial charge in [-0.05, 0) is 31.6 Å². The quantitative estimate of drug-likeness (QED) is 0.783. The van der Waals surface area contributed by atoms with E-state index in [-0.39, 0.29) is 0 Å². The van der Waals surface area contributed by atoms with E-state index in [0.717, 1.165) is 34.7 Å². The summed E-state index contributed by atoms with van der Waals surface area (Å²) in [6.07, 6.45) is 4.77. The van der Waals surface area contributed by atoms with Crippen molar-refractivity contribution in [3.8, 4) is 0 Å². The van der Waals surface area contributed by atoms with Gasteiger partial charge in [-0.1, -0.05) is 23.7 Å². The van der Waals surface area contributed by atoms with Crippen molar-refractivity contribution in [2.24, 2.45) is 0 Å². The van der Waals surface area contributed by atoms with Crippen LogP contribution >= 0.6 is 23.4 Å². The number of halogens is 1. The summed E-state index contributed by atoms with van der Waals surface area (Å²) in [7, 11) is 0. The molecule has 3 heteroatoms. The van der Waals surface area contributed by atoms with Gasteiger partial charge < -0.3 is 5.11 Å². The highest BCUT2D eigenvalue weighted by atomic mass is 35.5. The maximum atomic E-state index is 10.2. The molecule has 1 aliphatic rings. The molecule has 0 amide bonds. The number of benzene rings is 1. The lowest BCUT2D eigenvalue weighted by atomic mass is 9.75. The molecule has 1 saturated carbocycles. The van der Waals surface area contributed by atoms with Crippen LogP contribution in [0.2, 0.25) is 5.02 Å². The number of thioether (sulfide) groups is 1. The monoisotopic (exact) mass is 228 g/mol. The van der Waals surface area contributed by atoms with Crippen molar-refractivity contribution in [3.05, 3.63) is 28.8 Å². The molecule has 1 nitrogen and oxygen atoms in total. The molecule has 0 bridgehead atoms. The van der Waals surface area contributed by atoms with Gasteiger partial charge in [0.1, 0.15) is 0 Å². The van der Waals surface area contributed by atoms with Gasteiger partial charge in [-0.2, -0.15) is 0 Å². The van der Waals surface area contributed by atoms with E-state index in [2.05, 4.69) is 0 Å². The van der Waals surface area contributed by atoms with E-state index in [9.17, 15) is 5.11 Å². The van der Waals surface area contributed by atoms with E-state index in [1.807, 2.05) is 24.5 Å². The molecule has 0 aliphatic heterocycles. The number of rotatable bonds is 2. The van der Waals surface area contributed by atoms with Crippen LogP contribution in [0.3, 0.4) is 0 Å². The second kappa shape index (κ2) is 3.76.